The van der Waals surface area contributed by atoms with Crippen LogP contribution in [0.1, 0.15) is 34.1 Å². The number of H-pyrrole nitrogens is 1. The highest BCUT2D eigenvalue weighted by molar-refractivity contribution is 7.99. The molecule has 0 fully saturated rings. The largest absolute Gasteiger partial charge is 0.493 e. The Morgan fingerprint density at radius 3 is 2.09 bits per heavy atom. The number of hydrogen-bond donors (Lipinski definition) is 1. The molecule has 1 aliphatic rings. The molecule has 3 aromatic rings. The standard InChI is InChI=1S/C24H20Cl2F2N2O4S/c1-24(27,28)19-9-18(35-21-14(25)5-4-6-15(21)26)20(22(31)29-19)23(32)30-10-12-7-16(33-2)17(34-3)8-13(12)11-30/h4-9H,10-11H2,1-3H3,(H,29,31). The Balaban J connectivity index is 1.77. The number of ether oxygens (including phenoxy) is 2. The third kappa shape index (κ3) is 4.98. The molecule has 0 atom stereocenters. The zero-order valence-electron chi connectivity index (χ0n) is 18.9. The number of rotatable bonds is 6. The maximum absolute atomic E-state index is 14.1. The smallest absolute Gasteiger partial charge is 0.284 e. The Kier molecular flexibility index (Phi) is 7.04. The lowest BCUT2D eigenvalue weighted by molar-refractivity contribution is 0.0121. The van der Waals surface area contributed by atoms with E-state index in [1.165, 1.54) is 19.1 Å². The van der Waals surface area contributed by atoms with Gasteiger partial charge in [0.05, 0.1) is 30.0 Å². The number of alkyl halides is 2. The highest BCUT2D eigenvalue weighted by Crippen LogP contribution is 2.41. The number of aromatic amines is 1. The van der Waals surface area contributed by atoms with E-state index in [2.05, 4.69) is 4.98 Å². The van der Waals surface area contributed by atoms with Crippen molar-refractivity contribution in [2.45, 2.75) is 35.7 Å². The van der Waals surface area contributed by atoms with E-state index in [1.807, 2.05) is 0 Å². The van der Waals surface area contributed by atoms with Gasteiger partial charge in [-0.1, -0.05) is 41.0 Å². The summed E-state index contributed by atoms with van der Waals surface area (Å²) in [5.74, 6) is -2.93. The van der Waals surface area contributed by atoms with Crippen molar-refractivity contribution in [1.82, 2.24) is 9.88 Å². The van der Waals surface area contributed by atoms with Gasteiger partial charge < -0.3 is 19.4 Å². The molecule has 6 nitrogen and oxygen atoms in total. The Hall–Kier alpha value is -2.75. The van der Waals surface area contributed by atoms with Gasteiger partial charge in [-0.15, -0.1) is 0 Å². The van der Waals surface area contributed by atoms with E-state index in [0.717, 1.165) is 29.0 Å². The van der Waals surface area contributed by atoms with Crippen molar-refractivity contribution in [3.05, 3.63) is 79.2 Å². The van der Waals surface area contributed by atoms with Crippen LogP contribution in [0.3, 0.4) is 0 Å². The molecule has 4 rings (SSSR count). The summed E-state index contributed by atoms with van der Waals surface area (Å²) in [5.41, 5.74) is -0.166. The van der Waals surface area contributed by atoms with Crippen LogP contribution in [0.15, 0.2) is 51.0 Å². The fraction of sp³-hybridized carbons (Fsp3) is 0.250. The zero-order chi connectivity index (χ0) is 25.5. The van der Waals surface area contributed by atoms with Crippen LogP contribution < -0.4 is 15.0 Å². The summed E-state index contributed by atoms with van der Waals surface area (Å²) < 4.78 is 38.9. The van der Waals surface area contributed by atoms with E-state index in [-0.39, 0.29) is 33.6 Å². The van der Waals surface area contributed by atoms with Crippen LogP contribution in [-0.4, -0.2) is 30.0 Å². The summed E-state index contributed by atoms with van der Waals surface area (Å²) in [6.45, 7) is 1.07. The number of nitrogens with zero attached hydrogens (tertiary/aromatic N) is 1. The summed E-state index contributed by atoms with van der Waals surface area (Å²) in [6.07, 6.45) is 0. The van der Waals surface area contributed by atoms with Crippen LogP contribution in [0.5, 0.6) is 11.5 Å². The number of benzene rings is 2. The molecule has 0 unspecified atom stereocenters. The molecule has 0 saturated heterocycles. The Bertz CT molecular complexity index is 1320. The van der Waals surface area contributed by atoms with Crippen molar-refractivity contribution < 1.29 is 23.0 Å². The van der Waals surface area contributed by atoms with Crippen LogP contribution in [0.2, 0.25) is 10.0 Å². The number of carbonyl (C=O) groups excluding carboxylic acids is 1. The minimum Gasteiger partial charge on any atom is -0.493 e. The monoisotopic (exact) mass is 540 g/mol. The molecule has 0 saturated carbocycles. The maximum Gasteiger partial charge on any atom is 0.284 e. The molecule has 0 bridgehead atoms. The first-order valence-electron chi connectivity index (χ1n) is 10.3. The number of halogens is 4. The van der Waals surface area contributed by atoms with Gasteiger partial charge in [0.1, 0.15) is 5.56 Å². The number of fused-ring (bicyclic) bond motifs is 1. The minimum absolute atomic E-state index is 0.0244. The first-order valence-corrected chi connectivity index (χ1v) is 11.9. The molecule has 1 aromatic heterocycles. The first kappa shape index (κ1) is 25.3. The molecule has 184 valence electrons. The lowest BCUT2D eigenvalue weighted by Gasteiger charge is -2.19. The van der Waals surface area contributed by atoms with Crippen molar-refractivity contribution in [1.29, 1.82) is 0 Å². The van der Waals surface area contributed by atoms with Crippen molar-refractivity contribution in [3.8, 4) is 11.5 Å². The zero-order valence-corrected chi connectivity index (χ0v) is 21.2. The van der Waals surface area contributed by atoms with Gasteiger partial charge in [-0.05, 0) is 41.5 Å². The maximum atomic E-state index is 14.1. The molecular weight excluding hydrogens is 521 g/mol. The molecule has 1 N–H and O–H groups in total. The van der Waals surface area contributed by atoms with E-state index in [9.17, 15) is 18.4 Å². The predicted octanol–water partition coefficient (Wildman–Crippen LogP) is 6.12. The summed E-state index contributed by atoms with van der Waals surface area (Å²) in [5, 5.41) is 0.525. The van der Waals surface area contributed by atoms with Gasteiger partial charge in [0, 0.05) is 29.8 Å². The van der Waals surface area contributed by atoms with Gasteiger partial charge in [-0.25, -0.2) is 8.78 Å². The highest BCUT2D eigenvalue weighted by Gasteiger charge is 2.33. The van der Waals surface area contributed by atoms with Crippen LogP contribution in [0, 0.1) is 0 Å². The topological polar surface area (TPSA) is 71.6 Å². The molecular formula is C24H20Cl2F2N2O4S. The predicted molar refractivity (Wildman–Crippen MR) is 130 cm³/mol. The van der Waals surface area contributed by atoms with Gasteiger partial charge in [0.2, 0.25) is 0 Å². The molecule has 0 radical (unpaired) electrons. The summed E-state index contributed by atoms with van der Waals surface area (Å²) >= 11 is 13.4. The van der Waals surface area contributed by atoms with Gasteiger partial charge in [-0.3, -0.25) is 9.59 Å². The summed E-state index contributed by atoms with van der Waals surface area (Å²) in [4.78, 5) is 30.5. The molecule has 1 aliphatic heterocycles. The average molecular weight is 541 g/mol. The molecule has 1 amide bonds. The third-order valence-electron chi connectivity index (χ3n) is 5.53. The normalized spacial score (nSPS) is 13.1. The second-order valence-corrected chi connectivity index (χ2v) is 9.80. The number of amides is 1. The number of nitrogens with one attached hydrogen (secondary N) is 1. The molecule has 11 heteroatoms. The lowest BCUT2D eigenvalue weighted by atomic mass is 10.1. The van der Waals surface area contributed by atoms with Crippen molar-refractivity contribution >= 4 is 40.9 Å². The molecule has 0 spiro atoms. The van der Waals surface area contributed by atoms with E-state index < -0.39 is 23.1 Å². The number of carbonyl (C=O) groups is 1. The average Bonchev–Trinajstić information content (AvgIpc) is 3.22. The second-order valence-electron chi connectivity index (χ2n) is 7.93. The Labute approximate surface area is 214 Å². The van der Waals surface area contributed by atoms with Gasteiger partial charge in [0.25, 0.3) is 17.4 Å². The van der Waals surface area contributed by atoms with Gasteiger partial charge in [-0.2, -0.15) is 0 Å². The Morgan fingerprint density at radius 2 is 1.60 bits per heavy atom. The van der Waals surface area contributed by atoms with Crippen LogP contribution in [0.4, 0.5) is 8.78 Å². The third-order valence-corrected chi connectivity index (χ3v) is 7.57. The van der Waals surface area contributed by atoms with E-state index in [4.69, 9.17) is 32.7 Å². The van der Waals surface area contributed by atoms with Crippen LogP contribution in [0.25, 0.3) is 0 Å². The van der Waals surface area contributed by atoms with Crippen LogP contribution in [-0.2, 0) is 19.0 Å². The van der Waals surface area contributed by atoms with Crippen molar-refractivity contribution in [2.24, 2.45) is 0 Å². The van der Waals surface area contributed by atoms with Crippen molar-refractivity contribution in [2.75, 3.05) is 14.2 Å². The summed E-state index contributed by atoms with van der Waals surface area (Å²) in [6, 6.07) is 9.43. The van der Waals surface area contributed by atoms with E-state index in [1.54, 1.807) is 30.3 Å². The molecule has 0 aliphatic carbocycles. The van der Waals surface area contributed by atoms with E-state index >= 15 is 0 Å². The fourth-order valence-corrected chi connectivity index (χ4v) is 5.41. The molecule has 35 heavy (non-hydrogen) atoms. The van der Waals surface area contributed by atoms with Gasteiger partial charge >= 0.3 is 0 Å². The summed E-state index contributed by atoms with van der Waals surface area (Å²) in [7, 11) is 3.02. The van der Waals surface area contributed by atoms with E-state index in [0.29, 0.717) is 23.3 Å². The number of pyridine rings is 1. The van der Waals surface area contributed by atoms with Gasteiger partial charge in [0.15, 0.2) is 11.5 Å². The lowest BCUT2D eigenvalue weighted by Crippen LogP contribution is -2.33. The first-order chi connectivity index (χ1) is 16.5. The highest BCUT2D eigenvalue weighted by atomic mass is 35.5. The molecule has 2 aromatic carbocycles. The number of methoxy groups -OCH3 is 2. The molecule has 2 heterocycles. The van der Waals surface area contributed by atoms with Crippen LogP contribution >= 0.6 is 35.0 Å². The number of aromatic nitrogens is 1. The SMILES string of the molecule is COc1cc2c(cc1OC)CN(C(=O)c1c(Sc3c(Cl)cccc3Cl)cc(C(C)(F)F)[nH]c1=O)C2. The minimum atomic E-state index is -3.34. The second kappa shape index (κ2) is 9.72. The fourth-order valence-electron chi connectivity index (χ4n) is 3.77. The Morgan fingerprint density at radius 1 is 1.06 bits per heavy atom. The van der Waals surface area contributed by atoms with Crippen molar-refractivity contribution in [3.63, 3.8) is 0 Å². The quantitative estimate of drug-likeness (QED) is 0.408. The number of hydrogen-bond acceptors (Lipinski definition) is 5.